The second-order valence-corrected chi connectivity index (χ2v) is 4.25. The highest BCUT2D eigenvalue weighted by molar-refractivity contribution is 5.97. The van der Waals surface area contributed by atoms with Crippen molar-refractivity contribution in [2.45, 2.75) is 6.42 Å². The number of hydrogen-bond acceptors (Lipinski definition) is 3. The summed E-state index contributed by atoms with van der Waals surface area (Å²) in [7, 11) is 0. The number of aromatic amines is 2. The molecule has 3 aromatic rings. The van der Waals surface area contributed by atoms with Crippen LogP contribution in [0.15, 0.2) is 36.9 Å². The number of aromatic nitrogens is 4. The number of nitrogens with one attached hydrogen (secondary N) is 3. The quantitative estimate of drug-likeness (QED) is 0.656. The third kappa shape index (κ3) is 2.47. The number of amides is 1. The van der Waals surface area contributed by atoms with E-state index >= 15 is 0 Å². The monoisotopic (exact) mass is 255 g/mol. The number of rotatable bonds is 4. The van der Waals surface area contributed by atoms with Crippen LogP contribution in [0.5, 0.6) is 0 Å². The first kappa shape index (κ1) is 11.5. The molecule has 0 radical (unpaired) electrons. The van der Waals surface area contributed by atoms with Gasteiger partial charge >= 0.3 is 0 Å². The lowest BCUT2D eigenvalue weighted by molar-refractivity contribution is 0.0954. The van der Waals surface area contributed by atoms with E-state index in [2.05, 4.69) is 25.5 Å². The molecule has 0 saturated carbocycles. The van der Waals surface area contributed by atoms with Crippen molar-refractivity contribution in [3.8, 4) is 0 Å². The molecule has 3 rings (SSSR count). The molecular weight excluding hydrogens is 242 g/mol. The van der Waals surface area contributed by atoms with Gasteiger partial charge in [-0.15, -0.1) is 0 Å². The summed E-state index contributed by atoms with van der Waals surface area (Å²) in [4.78, 5) is 18.9. The summed E-state index contributed by atoms with van der Waals surface area (Å²) < 4.78 is 0. The Morgan fingerprint density at radius 1 is 1.32 bits per heavy atom. The predicted molar refractivity (Wildman–Crippen MR) is 70.7 cm³/mol. The zero-order valence-electron chi connectivity index (χ0n) is 10.2. The average molecular weight is 255 g/mol. The molecule has 2 aromatic heterocycles. The molecule has 19 heavy (non-hydrogen) atoms. The van der Waals surface area contributed by atoms with Crippen LogP contribution in [-0.4, -0.2) is 32.6 Å². The van der Waals surface area contributed by atoms with Crippen molar-refractivity contribution in [1.82, 2.24) is 25.5 Å². The van der Waals surface area contributed by atoms with E-state index in [1.807, 2.05) is 12.1 Å². The molecule has 3 N–H and O–H groups in total. The van der Waals surface area contributed by atoms with Crippen molar-refractivity contribution in [3.63, 3.8) is 0 Å². The Balaban J connectivity index is 1.63. The topological polar surface area (TPSA) is 86.5 Å². The molecule has 0 aliphatic rings. The molecule has 0 aliphatic carbocycles. The van der Waals surface area contributed by atoms with Crippen LogP contribution in [0.2, 0.25) is 0 Å². The normalized spacial score (nSPS) is 10.7. The highest BCUT2D eigenvalue weighted by atomic mass is 16.1. The zero-order valence-corrected chi connectivity index (χ0v) is 10.2. The van der Waals surface area contributed by atoms with Gasteiger partial charge in [-0.3, -0.25) is 9.89 Å². The molecule has 0 atom stereocenters. The van der Waals surface area contributed by atoms with Gasteiger partial charge in [0.05, 0.1) is 18.0 Å². The molecule has 96 valence electrons. The van der Waals surface area contributed by atoms with E-state index in [4.69, 9.17) is 0 Å². The fourth-order valence-electron chi connectivity index (χ4n) is 1.92. The molecule has 0 bridgehead atoms. The molecule has 6 nitrogen and oxygen atoms in total. The van der Waals surface area contributed by atoms with Gasteiger partial charge in [-0.1, -0.05) is 0 Å². The molecule has 6 heteroatoms. The Morgan fingerprint density at radius 3 is 3.11 bits per heavy atom. The number of carbonyl (C=O) groups excluding carboxylic acids is 1. The predicted octanol–water partition coefficient (Wildman–Crippen LogP) is 1.26. The number of carbonyl (C=O) groups is 1. The molecular formula is C13H13N5O. The lowest BCUT2D eigenvalue weighted by Crippen LogP contribution is -2.25. The molecule has 0 fully saturated rings. The van der Waals surface area contributed by atoms with Gasteiger partial charge in [0.1, 0.15) is 0 Å². The van der Waals surface area contributed by atoms with Crippen LogP contribution in [0.3, 0.4) is 0 Å². The molecule has 1 amide bonds. The summed E-state index contributed by atoms with van der Waals surface area (Å²) in [5.41, 5.74) is 2.57. The summed E-state index contributed by atoms with van der Waals surface area (Å²) in [6.45, 7) is 0.574. The largest absolute Gasteiger partial charge is 0.352 e. The number of benzene rings is 1. The molecule has 0 unspecified atom stereocenters. The second kappa shape index (κ2) is 4.93. The van der Waals surface area contributed by atoms with E-state index in [-0.39, 0.29) is 5.91 Å². The number of fused-ring (bicyclic) bond motifs is 1. The Morgan fingerprint density at radius 2 is 2.26 bits per heavy atom. The van der Waals surface area contributed by atoms with Gasteiger partial charge in [0.25, 0.3) is 5.91 Å². The van der Waals surface area contributed by atoms with Crippen molar-refractivity contribution >= 4 is 16.8 Å². The summed E-state index contributed by atoms with van der Waals surface area (Å²) >= 11 is 0. The third-order valence-corrected chi connectivity index (χ3v) is 2.94. The Bertz CT molecular complexity index is 686. The van der Waals surface area contributed by atoms with Crippen molar-refractivity contribution in [2.24, 2.45) is 0 Å². The summed E-state index contributed by atoms with van der Waals surface area (Å²) in [5, 5.41) is 10.6. The fourth-order valence-corrected chi connectivity index (χ4v) is 1.92. The van der Waals surface area contributed by atoms with E-state index in [9.17, 15) is 4.79 Å². The van der Waals surface area contributed by atoms with Gasteiger partial charge in [0, 0.05) is 35.8 Å². The van der Waals surface area contributed by atoms with E-state index < -0.39 is 0 Å². The standard InChI is InChI=1S/C13H13N5O/c19-13(15-4-3-11-7-14-8-16-11)9-1-2-12-10(5-9)6-17-18-12/h1-2,5-8H,3-4H2,(H,14,16)(H,15,19)(H,17,18). The maximum atomic E-state index is 12.0. The molecule has 0 aliphatic heterocycles. The maximum absolute atomic E-state index is 12.0. The zero-order chi connectivity index (χ0) is 13.1. The lowest BCUT2D eigenvalue weighted by atomic mass is 10.1. The van der Waals surface area contributed by atoms with Crippen LogP contribution in [0.25, 0.3) is 10.9 Å². The molecule has 2 heterocycles. The van der Waals surface area contributed by atoms with Gasteiger partial charge in [-0.2, -0.15) is 5.10 Å². The van der Waals surface area contributed by atoms with E-state index in [0.717, 1.165) is 23.0 Å². The highest BCUT2D eigenvalue weighted by Crippen LogP contribution is 2.12. The van der Waals surface area contributed by atoms with Crippen LogP contribution < -0.4 is 5.32 Å². The van der Waals surface area contributed by atoms with Crippen LogP contribution in [-0.2, 0) is 6.42 Å². The number of imidazole rings is 1. The number of H-pyrrole nitrogens is 2. The average Bonchev–Trinajstić information content (AvgIpc) is 3.08. The van der Waals surface area contributed by atoms with Gasteiger partial charge < -0.3 is 10.3 Å². The molecule has 0 spiro atoms. The van der Waals surface area contributed by atoms with Crippen molar-refractivity contribution in [2.75, 3.05) is 6.54 Å². The first-order chi connectivity index (χ1) is 9.33. The summed E-state index contributed by atoms with van der Waals surface area (Å²) in [6, 6.07) is 5.46. The highest BCUT2D eigenvalue weighted by Gasteiger charge is 2.06. The SMILES string of the molecule is O=C(NCCc1cnc[nH]1)c1ccc2[nH]ncc2c1. The van der Waals surface area contributed by atoms with Gasteiger partial charge in [-0.25, -0.2) is 4.98 Å². The minimum Gasteiger partial charge on any atom is -0.352 e. The van der Waals surface area contributed by atoms with E-state index in [1.165, 1.54) is 0 Å². The Hall–Kier alpha value is -2.63. The second-order valence-electron chi connectivity index (χ2n) is 4.25. The number of nitrogens with zero attached hydrogens (tertiary/aromatic N) is 2. The minimum atomic E-state index is -0.0809. The van der Waals surface area contributed by atoms with Crippen molar-refractivity contribution < 1.29 is 4.79 Å². The van der Waals surface area contributed by atoms with Gasteiger partial charge in [0.2, 0.25) is 0 Å². The van der Waals surface area contributed by atoms with Gasteiger partial charge in [0.15, 0.2) is 0 Å². The van der Waals surface area contributed by atoms with Crippen LogP contribution in [0.1, 0.15) is 16.1 Å². The number of hydrogen-bond donors (Lipinski definition) is 3. The first-order valence-corrected chi connectivity index (χ1v) is 6.01. The smallest absolute Gasteiger partial charge is 0.251 e. The summed E-state index contributed by atoms with van der Waals surface area (Å²) in [5.74, 6) is -0.0809. The van der Waals surface area contributed by atoms with Crippen molar-refractivity contribution in [3.05, 3.63) is 48.2 Å². The Kier molecular flexibility index (Phi) is 2.97. The fraction of sp³-hybridized carbons (Fsp3) is 0.154. The van der Waals surface area contributed by atoms with Crippen LogP contribution >= 0.6 is 0 Å². The van der Waals surface area contributed by atoms with Crippen LogP contribution in [0, 0.1) is 0 Å². The molecule has 0 saturated heterocycles. The molecule has 1 aromatic carbocycles. The van der Waals surface area contributed by atoms with Crippen molar-refractivity contribution in [1.29, 1.82) is 0 Å². The Labute approximate surface area is 109 Å². The van der Waals surface area contributed by atoms with E-state index in [0.29, 0.717) is 12.1 Å². The first-order valence-electron chi connectivity index (χ1n) is 6.01. The van der Waals surface area contributed by atoms with Gasteiger partial charge in [-0.05, 0) is 18.2 Å². The van der Waals surface area contributed by atoms with Crippen LogP contribution in [0.4, 0.5) is 0 Å². The third-order valence-electron chi connectivity index (χ3n) is 2.94. The van der Waals surface area contributed by atoms with E-state index in [1.54, 1.807) is 24.8 Å². The maximum Gasteiger partial charge on any atom is 0.251 e. The minimum absolute atomic E-state index is 0.0809. The lowest BCUT2D eigenvalue weighted by Gasteiger charge is -2.04. The summed E-state index contributed by atoms with van der Waals surface area (Å²) in [6.07, 6.45) is 5.82.